The van der Waals surface area contributed by atoms with E-state index in [-0.39, 0.29) is 17.9 Å². The summed E-state index contributed by atoms with van der Waals surface area (Å²) in [7, 11) is -0.187. The average Bonchev–Trinajstić information content (AvgIpc) is 3.02. The summed E-state index contributed by atoms with van der Waals surface area (Å²) in [5.74, 6) is 0.0554. The molecule has 0 radical (unpaired) electrons. The summed E-state index contributed by atoms with van der Waals surface area (Å²) in [6.45, 7) is 2.09. The minimum atomic E-state index is -1.64. The first-order valence-electron chi connectivity index (χ1n) is 7.46. The Hall–Kier alpha value is -2.43. The molecule has 1 aromatic heterocycles. The Morgan fingerprint density at radius 1 is 1.48 bits per heavy atom. The molecule has 0 atom stereocenters. The third-order valence-corrected chi connectivity index (χ3v) is 3.88. The van der Waals surface area contributed by atoms with Gasteiger partial charge in [-0.25, -0.2) is 4.98 Å². The first kappa shape index (κ1) is 18.9. The molecule has 0 bridgehead atoms. The van der Waals surface area contributed by atoms with Crippen molar-refractivity contribution in [1.82, 2.24) is 4.98 Å². The van der Waals surface area contributed by atoms with Gasteiger partial charge in [0.2, 0.25) is 5.13 Å². The van der Waals surface area contributed by atoms with Gasteiger partial charge in [0.15, 0.2) is 0 Å². The lowest BCUT2D eigenvalue weighted by atomic mass is 9.79. The molecule has 0 aliphatic heterocycles. The molecule has 0 aliphatic rings. The smallest absolute Gasteiger partial charge is 0.492 e. The lowest BCUT2D eigenvalue weighted by Gasteiger charge is -2.08. The maximum Gasteiger partial charge on any atom is 0.492 e. The van der Waals surface area contributed by atoms with Crippen LogP contribution < -0.4 is 15.6 Å². The lowest BCUT2D eigenvalue weighted by Crippen LogP contribution is -2.31. The topological polar surface area (TPSA) is 113 Å². The number of thiazole rings is 1. The van der Waals surface area contributed by atoms with Crippen molar-refractivity contribution in [2.45, 2.75) is 13.3 Å². The molecule has 0 amide bonds. The van der Waals surface area contributed by atoms with Crippen molar-refractivity contribution in [3.8, 4) is 5.75 Å². The fourth-order valence-electron chi connectivity index (χ4n) is 2.00. The van der Waals surface area contributed by atoms with Crippen LogP contribution in [0, 0.1) is 0 Å². The molecule has 25 heavy (non-hydrogen) atoms. The van der Waals surface area contributed by atoms with Crippen LogP contribution in [0.3, 0.4) is 0 Å². The van der Waals surface area contributed by atoms with Gasteiger partial charge in [0.1, 0.15) is 5.75 Å². The van der Waals surface area contributed by atoms with Gasteiger partial charge in [-0.2, -0.15) is 5.10 Å². The van der Waals surface area contributed by atoms with Crippen LogP contribution in [0.2, 0.25) is 0 Å². The zero-order valence-corrected chi connectivity index (χ0v) is 14.6. The minimum absolute atomic E-state index is 0.117. The Labute approximate surface area is 149 Å². The number of aromatic nitrogens is 1. The lowest BCUT2D eigenvalue weighted by molar-refractivity contribution is -0.142. The summed E-state index contributed by atoms with van der Waals surface area (Å²) in [6.07, 6.45) is 1.63. The second-order valence-corrected chi connectivity index (χ2v) is 5.73. The highest BCUT2D eigenvalue weighted by atomic mass is 32.1. The van der Waals surface area contributed by atoms with E-state index in [9.17, 15) is 14.8 Å². The number of carbonyl (C=O) groups is 1. The van der Waals surface area contributed by atoms with Gasteiger partial charge in [-0.15, -0.1) is 11.3 Å². The van der Waals surface area contributed by atoms with Gasteiger partial charge >= 0.3 is 13.1 Å². The normalized spacial score (nSPS) is 10.7. The van der Waals surface area contributed by atoms with Crippen molar-refractivity contribution < 1.29 is 24.3 Å². The third kappa shape index (κ3) is 5.56. The maximum absolute atomic E-state index is 11.4. The molecule has 8 nitrogen and oxygen atoms in total. The van der Waals surface area contributed by atoms with E-state index in [2.05, 4.69) is 15.5 Å². The van der Waals surface area contributed by atoms with Gasteiger partial charge in [0.25, 0.3) is 0 Å². The predicted octanol–water partition coefficient (Wildman–Crippen LogP) is 0.383. The minimum Gasteiger partial charge on any atom is -0.497 e. The molecule has 0 aliphatic carbocycles. The van der Waals surface area contributed by atoms with E-state index >= 15 is 0 Å². The summed E-state index contributed by atoms with van der Waals surface area (Å²) in [5.41, 5.74) is 4.27. The molecule has 0 spiro atoms. The van der Waals surface area contributed by atoms with Gasteiger partial charge < -0.3 is 19.5 Å². The summed E-state index contributed by atoms with van der Waals surface area (Å²) < 4.78 is 9.93. The number of nitrogens with zero attached hydrogens (tertiary/aromatic N) is 2. The van der Waals surface area contributed by atoms with Crippen LogP contribution in [0.15, 0.2) is 28.7 Å². The molecule has 132 valence electrons. The Morgan fingerprint density at radius 3 is 2.96 bits per heavy atom. The van der Waals surface area contributed by atoms with Gasteiger partial charge in [-0.3, -0.25) is 10.2 Å². The number of rotatable bonds is 8. The first-order valence-corrected chi connectivity index (χ1v) is 8.34. The predicted molar refractivity (Wildman–Crippen MR) is 96.5 cm³/mol. The number of ether oxygens (including phenoxy) is 2. The van der Waals surface area contributed by atoms with Crippen molar-refractivity contribution in [3.63, 3.8) is 0 Å². The molecular formula is C15H18BN3O5S. The van der Waals surface area contributed by atoms with E-state index in [0.717, 1.165) is 0 Å². The standard InChI is InChI=1S/C15H18BN3O5S/c1-3-24-14(20)7-11-9-25-15(18-11)19-17-8-10-4-5-13(23-2)12(6-10)16(21)22/h4-6,8-9,21-22H,3,7H2,1-2H3,(H,18,19). The zero-order valence-electron chi connectivity index (χ0n) is 13.8. The number of hydrogen-bond donors (Lipinski definition) is 3. The molecule has 0 saturated carbocycles. The number of methoxy groups -OCH3 is 1. The second kappa shape index (κ2) is 9.16. The van der Waals surface area contributed by atoms with Gasteiger partial charge in [-0.1, -0.05) is 0 Å². The quantitative estimate of drug-likeness (QED) is 0.269. The van der Waals surface area contributed by atoms with E-state index in [4.69, 9.17) is 9.47 Å². The molecule has 10 heteroatoms. The van der Waals surface area contributed by atoms with E-state index < -0.39 is 7.12 Å². The monoisotopic (exact) mass is 363 g/mol. The molecule has 0 saturated heterocycles. The van der Waals surface area contributed by atoms with Crippen LogP contribution in [0.25, 0.3) is 0 Å². The fraction of sp³-hybridized carbons (Fsp3) is 0.267. The fourth-order valence-corrected chi connectivity index (χ4v) is 2.66. The molecule has 1 aromatic carbocycles. The van der Waals surface area contributed by atoms with E-state index in [1.165, 1.54) is 24.7 Å². The molecule has 0 unspecified atom stereocenters. The highest BCUT2D eigenvalue weighted by Crippen LogP contribution is 2.16. The van der Waals surface area contributed by atoms with Crippen molar-refractivity contribution in [2.75, 3.05) is 19.1 Å². The highest BCUT2D eigenvalue weighted by Gasteiger charge is 2.17. The summed E-state index contributed by atoms with van der Waals surface area (Å²) in [6, 6.07) is 4.91. The van der Waals surface area contributed by atoms with Gasteiger partial charge in [-0.05, 0) is 30.7 Å². The Kier molecular flexibility index (Phi) is 6.93. The average molecular weight is 363 g/mol. The molecular weight excluding hydrogens is 345 g/mol. The Balaban J connectivity index is 1.98. The van der Waals surface area contributed by atoms with Crippen molar-refractivity contribution in [1.29, 1.82) is 0 Å². The molecule has 0 fully saturated rings. The summed E-state index contributed by atoms with van der Waals surface area (Å²) in [5, 5.41) is 25.0. The van der Waals surface area contributed by atoms with E-state index in [0.29, 0.717) is 28.7 Å². The second-order valence-electron chi connectivity index (χ2n) is 4.87. The van der Waals surface area contributed by atoms with Crippen LogP contribution >= 0.6 is 11.3 Å². The molecule has 1 heterocycles. The SMILES string of the molecule is CCOC(=O)Cc1csc(NN=Cc2ccc(OC)c(B(O)O)c2)n1. The number of carbonyl (C=O) groups excluding carboxylic acids is 1. The third-order valence-electron chi connectivity index (χ3n) is 3.09. The molecule has 3 N–H and O–H groups in total. The van der Waals surface area contributed by atoms with E-state index in [1.807, 2.05) is 0 Å². The highest BCUT2D eigenvalue weighted by molar-refractivity contribution is 7.13. The van der Waals surface area contributed by atoms with Crippen LogP contribution in [-0.2, 0) is 16.0 Å². The van der Waals surface area contributed by atoms with Crippen LogP contribution in [-0.4, -0.2) is 48.1 Å². The molecule has 2 aromatic rings. The number of hydrazone groups is 1. The number of benzene rings is 1. The number of nitrogens with one attached hydrogen (secondary N) is 1. The summed E-state index contributed by atoms with van der Waals surface area (Å²) in [4.78, 5) is 15.6. The van der Waals surface area contributed by atoms with E-state index in [1.54, 1.807) is 30.5 Å². The van der Waals surface area contributed by atoms with Crippen molar-refractivity contribution in [2.24, 2.45) is 5.10 Å². The Morgan fingerprint density at radius 2 is 2.28 bits per heavy atom. The zero-order chi connectivity index (χ0) is 18.2. The number of hydrogen-bond acceptors (Lipinski definition) is 9. The van der Waals surface area contributed by atoms with Crippen molar-refractivity contribution >= 4 is 41.2 Å². The largest absolute Gasteiger partial charge is 0.497 e. The molecule has 2 rings (SSSR count). The first-order chi connectivity index (χ1) is 12.0. The summed E-state index contributed by atoms with van der Waals surface area (Å²) >= 11 is 1.32. The van der Waals surface area contributed by atoms with Crippen molar-refractivity contribution in [3.05, 3.63) is 34.8 Å². The van der Waals surface area contributed by atoms with Gasteiger partial charge in [0.05, 0.1) is 32.0 Å². The van der Waals surface area contributed by atoms with Crippen LogP contribution in [0.5, 0.6) is 5.75 Å². The van der Waals surface area contributed by atoms with Gasteiger partial charge in [0, 0.05) is 10.8 Å². The number of esters is 1. The Bertz CT molecular complexity index is 751. The van der Waals surface area contributed by atoms with Crippen LogP contribution in [0.4, 0.5) is 5.13 Å². The van der Waals surface area contributed by atoms with Crippen LogP contribution in [0.1, 0.15) is 18.2 Å². The number of anilines is 1. The maximum atomic E-state index is 11.4.